The fourth-order valence-electron chi connectivity index (χ4n) is 7.10. The van der Waals surface area contributed by atoms with E-state index in [-0.39, 0.29) is 25.2 Å². The number of benzene rings is 2. The van der Waals surface area contributed by atoms with Crippen molar-refractivity contribution in [1.29, 1.82) is 0 Å². The number of fused-ring (bicyclic) bond motifs is 4. The Morgan fingerprint density at radius 3 is 2.07 bits per heavy atom. The molecular weight excluding hydrogens is 560 g/mol. The topological polar surface area (TPSA) is 157 Å². The van der Waals surface area contributed by atoms with E-state index in [0.29, 0.717) is 26.7 Å². The molecule has 0 spiro atoms. The van der Waals surface area contributed by atoms with E-state index in [9.17, 15) is 33.9 Å². The average molecular weight is 589 g/mol. The molecule has 2 saturated heterocycles. The smallest absolute Gasteiger partial charge is 0.423 e. The van der Waals surface area contributed by atoms with Crippen LogP contribution in [0.5, 0.6) is 11.5 Å². The fraction of sp³-hybridized carbons (Fsp3) is 0.355. The van der Waals surface area contributed by atoms with Gasteiger partial charge in [0.05, 0.1) is 37.9 Å². The Labute approximate surface area is 245 Å². The Hall–Kier alpha value is -5.00. The van der Waals surface area contributed by atoms with E-state index in [2.05, 4.69) is 4.74 Å². The molecule has 2 aromatic carbocycles. The van der Waals surface area contributed by atoms with Gasteiger partial charge in [-0.15, -0.1) is 0 Å². The monoisotopic (exact) mass is 588 g/mol. The minimum Gasteiger partial charge on any atom is -0.508 e. The summed E-state index contributed by atoms with van der Waals surface area (Å²) in [5, 5.41) is 11.3. The molecule has 0 aromatic heterocycles. The number of imide groups is 6. The van der Waals surface area contributed by atoms with Gasteiger partial charge < -0.3 is 19.3 Å². The first-order chi connectivity index (χ1) is 20.7. The van der Waals surface area contributed by atoms with Gasteiger partial charge in [0, 0.05) is 17.5 Å². The van der Waals surface area contributed by atoms with Crippen LogP contribution in [0.2, 0.25) is 0 Å². The first-order valence-electron chi connectivity index (χ1n) is 13.8. The molecule has 2 aromatic rings. The van der Waals surface area contributed by atoms with Crippen molar-refractivity contribution >= 4 is 35.8 Å². The maximum absolute atomic E-state index is 13.7. The van der Waals surface area contributed by atoms with Crippen molar-refractivity contribution in [2.24, 2.45) is 29.6 Å². The Bertz CT molecular complexity index is 1580. The van der Waals surface area contributed by atoms with Crippen LogP contribution in [0.3, 0.4) is 0 Å². The van der Waals surface area contributed by atoms with Crippen molar-refractivity contribution in [2.45, 2.75) is 25.4 Å². The number of allylic oxidation sites excluding steroid dienone is 2. The zero-order valence-electron chi connectivity index (χ0n) is 23.3. The third-order valence-electron chi connectivity index (χ3n) is 8.95. The largest absolute Gasteiger partial charge is 0.508 e. The molecule has 1 saturated carbocycles. The number of nitrogens with zero attached hydrogens (tertiary/aromatic N) is 2. The third kappa shape index (κ3) is 4.36. The van der Waals surface area contributed by atoms with Crippen LogP contribution in [-0.4, -0.2) is 64.9 Å². The van der Waals surface area contributed by atoms with Gasteiger partial charge in [-0.1, -0.05) is 48.0 Å². The summed E-state index contributed by atoms with van der Waals surface area (Å²) in [7, 11) is 2.12. The van der Waals surface area contributed by atoms with Crippen LogP contribution in [0, 0.1) is 29.6 Å². The number of phenolic OH excluding ortho intramolecular Hbond substituents is 1. The molecule has 0 bridgehead atoms. The Balaban J connectivity index is 1.40. The second kappa shape index (κ2) is 10.7. The lowest BCUT2D eigenvalue weighted by atomic mass is 9.57. The van der Waals surface area contributed by atoms with Crippen molar-refractivity contribution in [3.05, 3.63) is 71.3 Å². The highest BCUT2D eigenvalue weighted by Gasteiger charge is 2.64. The Kier molecular flexibility index (Phi) is 6.99. The molecule has 6 amide bonds. The molecule has 6 atom stereocenters. The summed E-state index contributed by atoms with van der Waals surface area (Å²) < 4.78 is 15.2. The van der Waals surface area contributed by atoms with Crippen LogP contribution in [0.15, 0.2) is 60.2 Å². The first kappa shape index (κ1) is 28.1. The highest BCUT2D eigenvalue weighted by molar-refractivity contribution is 6.17. The Morgan fingerprint density at radius 2 is 1.44 bits per heavy atom. The van der Waals surface area contributed by atoms with E-state index < -0.39 is 71.3 Å². The molecule has 1 N–H and O–H groups in total. The summed E-state index contributed by atoms with van der Waals surface area (Å²) in [4.78, 5) is 79.5. The number of likely N-dealkylation sites (tertiary alicyclic amines) is 2. The van der Waals surface area contributed by atoms with E-state index in [1.165, 1.54) is 6.07 Å². The van der Waals surface area contributed by atoms with Crippen LogP contribution >= 0.6 is 0 Å². The number of ether oxygens (including phenoxy) is 3. The molecule has 3 fully saturated rings. The number of phenols is 1. The molecule has 6 rings (SSSR count). The summed E-state index contributed by atoms with van der Waals surface area (Å²) >= 11 is 0. The number of amides is 6. The number of methoxy groups -OCH3 is 2. The maximum Gasteiger partial charge on any atom is 0.423 e. The molecule has 43 heavy (non-hydrogen) atoms. The van der Waals surface area contributed by atoms with E-state index in [1.807, 2.05) is 30.3 Å². The molecule has 12 heteroatoms. The lowest BCUT2D eigenvalue weighted by Crippen LogP contribution is -2.43. The van der Waals surface area contributed by atoms with Gasteiger partial charge >= 0.3 is 12.2 Å². The quantitative estimate of drug-likeness (QED) is 0.416. The van der Waals surface area contributed by atoms with Gasteiger partial charge in [0.15, 0.2) is 0 Å². The van der Waals surface area contributed by atoms with Gasteiger partial charge in [0.1, 0.15) is 18.1 Å². The average Bonchev–Trinajstić information content (AvgIpc) is 3.42. The number of hydrogen-bond acceptors (Lipinski definition) is 10. The fourth-order valence-corrected chi connectivity index (χ4v) is 7.10. The molecular formula is C31H28N2O10. The molecule has 4 aliphatic rings. The van der Waals surface area contributed by atoms with Gasteiger partial charge in [-0.05, 0) is 30.4 Å². The van der Waals surface area contributed by atoms with Gasteiger partial charge in [-0.3, -0.25) is 19.2 Å². The van der Waals surface area contributed by atoms with Gasteiger partial charge in [-0.25, -0.2) is 9.59 Å². The molecule has 12 nitrogen and oxygen atoms in total. The maximum atomic E-state index is 13.7. The standard InChI is InChI=1S/C31H28N2O10/c1-41-30(39)32-26(35)19-11-10-17-20(24(19)28(32)37)13-21-25(29(38)33(27(21)36)31(40)42-2)23(17)18-9-8-16(12-22(18)34)43-14-15-6-4-3-5-7-15/h3-10,12,19-21,23-25,34H,11,13-14H2,1-2H3. The highest BCUT2D eigenvalue weighted by Crippen LogP contribution is 2.59. The van der Waals surface area contributed by atoms with Crippen LogP contribution in [0.1, 0.15) is 29.9 Å². The zero-order chi connectivity index (χ0) is 30.6. The first-order valence-corrected chi connectivity index (χ1v) is 13.8. The predicted molar refractivity (Wildman–Crippen MR) is 145 cm³/mol. The van der Waals surface area contributed by atoms with Crippen molar-refractivity contribution in [1.82, 2.24) is 9.80 Å². The number of aromatic hydroxyl groups is 1. The molecule has 2 heterocycles. The molecule has 2 aliphatic carbocycles. The third-order valence-corrected chi connectivity index (χ3v) is 8.95. The second-order valence-electron chi connectivity index (χ2n) is 11.0. The van der Waals surface area contributed by atoms with Crippen molar-refractivity contribution in [3.8, 4) is 11.5 Å². The predicted octanol–water partition coefficient (Wildman–Crippen LogP) is 3.14. The normalized spacial score (nSPS) is 27.7. The van der Waals surface area contributed by atoms with Gasteiger partial charge in [0.25, 0.3) is 0 Å². The molecule has 222 valence electrons. The van der Waals surface area contributed by atoms with Crippen molar-refractivity contribution in [2.75, 3.05) is 14.2 Å². The van der Waals surface area contributed by atoms with Crippen LogP contribution in [-0.2, 0) is 35.3 Å². The summed E-state index contributed by atoms with van der Waals surface area (Å²) in [6.45, 7) is 0.248. The minimum absolute atomic E-state index is 0.0146. The minimum atomic E-state index is -1.13. The summed E-state index contributed by atoms with van der Waals surface area (Å²) in [5.41, 5.74) is 1.79. The van der Waals surface area contributed by atoms with Crippen LogP contribution < -0.4 is 4.74 Å². The number of rotatable bonds is 4. The summed E-state index contributed by atoms with van der Waals surface area (Å²) in [6, 6.07) is 14.1. The SMILES string of the molecule is COC(=O)N1C(=O)C2CC=C3C(CC4C(=O)N(C(=O)OC)C(=O)C4C3c3ccc(OCc4ccccc4)cc3O)C2C1=O. The van der Waals surface area contributed by atoms with E-state index >= 15 is 0 Å². The zero-order valence-corrected chi connectivity index (χ0v) is 23.3. The lowest BCUT2D eigenvalue weighted by molar-refractivity contribution is -0.139. The second-order valence-corrected chi connectivity index (χ2v) is 11.0. The molecule has 0 radical (unpaired) electrons. The van der Waals surface area contributed by atoms with E-state index in [4.69, 9.17) is 9.47 Å². The number of carbonyl (C=O) groups is 6. The summed E-state index contributed by atoms with van der Waals surface area (Å²) in [6.07, 6.45) is -0.389. The number of hydrogen-bond donors (Lipinski definition) is 1. The Morgan fingerprint density at radius 1 is 0.814 bits per heavy atom. The van der Waals surface area contributed by atoms with E-state index in [0.717, 1.165) is 19.8 Å². The van der Waals surface area contributed by atoms with E-state index in [1.54, 1.807) is 18.2 Å². The lowest BCUT2D eigenvalue weighted by Gasteiger charge is -2.44. The van der Waals surface area contributed by atoms with Crippen LogP contribution in [0.4, 0.5) is 9.59 Å². The van der Waals surface area contributed by atoms with Crippen LogP contribution in [0.25, 0.3) is 0 Å². The summed E-state index contributed by atoms with van der Waals surface area (Å²) in [5.74, 6) is -8.43. The highest BCUT2D eigenvalue weighted by atomic mass is 16.5. The number of carbonyl (C=O) groups excluding carboxylic acids is 6. The van der Waals surface area contributed by atoms with Crippen molar-refractivity contribution < 1.29 is 48.1 Å². The molecule has 6 unspecified atom stereocenters. The molecule has 2 aliphatic heterocycles. The van der Waals surface area contributed by atoms with Gasteiger partial charge in [-0.2, -0.15) is 9.80 Å². The van der Waals surface area contributed by atoms with Gasteiger partial charge in [0.2, 0.25) is 23.6 Å². The van der Waals surface area contributed by atoms with Crippen molar-refractivity contribution in [3.63, 3.8) is 0 Å².